The van der Waals surface area contributed by atoms with Crippen LogP contribution in [0.5, 0.6) is 0 Å². The lowest BCUT2D eigenvalue weighted by atomic mass is 10.0. The summed E-state index contributed by atoms with van der Waals surface area (Å²) in [6.45, 7) is 4.04. The van der Waals surface area contributed by atoms with Crippen LogP contribution in [0.3, 0.4) is 0 Å². The predicted octanol–water partition coefficient (Wildman–Crippen LogP) is 0.550. The molecule has 0 aromatic heterocycles. The van der Waals surface area contributed by atoms with E-state index >= 15 is 0 Å². The van der Waals surface area contributed by atoms with Gasteiger partial charge < -0.3 is 15.5 Å². The largest absolute Gasteiger partial charge is 0.481 e. The summed E-state index contributed by atoms with van der Waals surface area (Å²) in [5.74, 6) is -1.58. The molecule has 82 valence electrons. The third-order valence-electron chi connectivity index (χ3n) is 1.73. The Labute approximate surface area is 83.1 Å². The average molecular weight is 203 g/mol. The van der Waals surface area contributed by atoms with Gasteiger partial charge in [-0.05, 0) is 12.3 Å². The fraction of sp³-hybridized carbons (Fsp3) is 0.778. The van der Waals surface area contributed by atoms with Gasteiger partial charge in [0.25, 0.3) is 0 Å². The van der Waals surface area contributed by atoms with Gasteiger partial charge in [-0.25, -0.2) is 0 Å². The van der Waals surface area contributed by atoms with Crippen molar-refractivity contribution < 1.29 is 19.8 Å². The second-order valence-electron chi connectivity index (χ2n) is 3.62. The average Bonchev–Trinajstić information content (AvgIpc) is 2.00. The molecule has 0 amide bonds. The molecule has 0 aromatic carbocycles. The highest BCUT2D eigenvalue weighted by Crippen LogP contribution is 2.04. The highest BCUT2D eigenvalue weighted by molar-refractivity contribution is 5.73. The topological polar surface area (TPSA) is 86.6 Å². The molecule has 1 atom stereocenters. The van der Waals surface area contributed by atoms with Gasteiger partial charge in [-0.2, -0.15) is 0 Å². The van der Waals surface area contributed by atoms with Crippen LogP contribution >= 0.6 is 0 Å². The zero-order chi connectivity index (χ0) is 11.1. The molecule has 5 heteroatoms. The minimum Gasteiger partial charge on any atom is -0.481 e. The molecule has 14 heavy (non-hydrogen) atoms. The van der Waals surface area contributed by atoms with E-state index in [-0.39, 0.29) is 18.9 Å². The zero-order valence-corrected chi connectivity index (χ0v) is 8.49. The number of carboxylic acids is 2. The van der Waals surface area contributed by atoms with Crippen LogP contribution in [0.25, 0.3) is 0 Å². The molecule has 0 aliphatic rings. The normalized spacial score (nSPS) is 12.8. The summed E-state index contributed by atoms with van der Waals surface area (Å²) in [4.78, 5) is 20.9. The van der Waals surface area contributed by atoms with Crippen molar-refractivity contribution in [3.63, 3.8) is 0 Å². The Balaban J connectivity index is 3.85. The van der Waals surface area contributed by atoms with Crippen molar-refractivity contribution in [2.45, 2.75) is 32.7 Å². The summed E-state index contributed by atoms with van der Waals surface area (Å²) in [6.07, 6.45) is 0.455. The minimum absolute atomic E-state index is 0.0537. The van der Waals surface area contributed by atoms with Crippen molar-refractivity contribution in [2.75, 3.05) is 6.54 Å². The summed E-state index contributed by atoms with van der Waals surface area (Å²) in [5.41, 5.74) is 0. The standard InChI is InChI=1S/C9H17NO4/c1-6(2)5-7(9(13)14)10-4-3-8(11)12/h6-7,10H,3-5H2,1-2H3,(H,11,12)(H,13,14)/t7-/m1/s1. The molecule has 0 fully saturated rings. The molecule has 5 nitrogen and oxygen atoms in total. The van der Waals surface area contributed by atoms with E-state index in [1.807, 2.05) is 13.8 Å². The number of carbonyl (C=O) groups is 2. The third-order valence-corrected chi connectivity index (χ3v) is 1.73. The van der Waals surface area contributed by atoms with Crippen LogP contribution in [-0.4, -0.2) is 34.7 Å². The Hall–Kier alpha value is -1.10. The van der Waals surface area contributed by atoms with Gasteiger partial charge in [0.2, 0.25) is 0 Å². The molecule has 0 unspecified atom stereocenters. The van der Waals surface area contributed by atoms with E-state index in [9.17, 15) is 9.59 Å². The lowest BCUT2D eigenvalue weighted by Gasteiger charge is -2.15. The molecular formula is C9H17NO4. The summed E-state index contributed by atoms with van der Waals surface area (Å²) in [7, 11) is 0. The molecule has 0 bridgehead atoms. The van der Waals surface area contributed by atoms with Crippen molar-refractivity contribution in [1.29, 1.82) is 0 Å². The van der Waals surface area contributed by atoms with E-state index in [1.165, 1.54) is 0 Å². The summed E-state index contributed by atoms with van der Waals surface area (Å²) in [5, 5.41) is 19.8. The lowest BCUT2D eigenvalue weighted by molar-refractivity contribution is -0.141. The van der Waals surface area contributed by atoms with E-state index in [0.29, 0.717) is 6.42 Å². The second-order valence-corrected chi connectivity index (χ2v) is 3.62. The van der Waals surface area contributed by atoms with Crippen LogP contribution < -0.4 is 5.32 Å². The second kappa shape index (κ2) is 6.37. The maximum absolute atomic E-state index is 10.7. The molecule has 0 aliphatic heterocycles. The number of hydrogen-bond acceptors (Lipinski definition) is 3. The zero-order valence-electron chi connectivity index (χ0n) is 8.49. The Bertz CT molecular complexity index is 203. The van der Waals surface area contributed by atoms with Crippen LogP contribution in [0, 0.1) is 5.92 Å². The molecular weight excluding hydrogens is 186 g/mol. The van der Waals surface area contributed by atoms with Gasteiger partial charge in [0.15, 0.2) is 0 Å². The first-order valence-corrected chi connectivity index (χ1v) is 4.61. The van der Waals surface area contributed by atoms with Crippen molar-refractivity contribution in [1.82, 2.24) is 5.32 Å². The number of carboxylic acid groups (broad SMARTS) is 2. The van der Waals surface area contributed by atoms with Gasteiger partial charge in [-0.3, -0.25) is 9.59 Å². The Kier molecular flexibility index (Phi) is 5.87. The Morgan fingerprint density at radius 1 is 1.29 bits per heavy atom. The predicted molar refractivity (Wildman–Crippen MR) is 51.1 cm³/mol. The van der Waals surface area contributed by atoms with Crippen LogP contribution in [-0.2, 0) is 9.59 Å². The van der Waals surface area contributed by atoms with E-state index < -0.39 is 18.0 Å². The molecule has 0 aromatic rings. The van der Waals surface area contributed by atoms with E-state index in [1.54, 1.807) is 0 Å². The van der Waals surface area contributed by atoms with Crippen molar-refractivity contribution in [3.05, 3.63) is 0 Å². The molecule has 3 N–H and O–H groups in total. The third kappa shape index (κ3) is 6.42. The Morgan fingerprint density at radius 3 is 2.21 bits per heavy atom. The number of aliphatic carboxylic acids is 2. The monoisotopic (exact) mass is 203 g/mol. The lowest BCUT2D eigenvalue weighted by Crippen LogP contribution is -2.38. The summed E-state index contributed by atoms with van der Waals surface area (Å²) >= 11 is 0. The Morgan fingerprint density at radius 2 is 1.86 bits per heavy atom. The van der Waals surface area contributed by atoms with Crippen molar-refractivity contribution in [2.24, 2.45) is 5.92 Å². The number of rotatable bonds is 7. The van der Waals surface area contributed by atoms with Gasteiger partial charge >= 0.3 is 11.9 Å². The maximum atomic E-state index is 10.7. The molecule has 0 spiro atoms. The van der Waals surface area contributed by atoms with Gasteiger partial charge in [0, 0.05) is 6.54 Å². The highest BCUT2D eigenvalue weighted by Gasteiger charge is 2.17. The molecule has 0 heterocycles. The molecule has 0 aliphatic carbocycles. The first-order chi connectivity index (χ1) is 6.43. The van der Waals surface area contributed by atoms with Crippen LogP contribution in [0.15, 0.2) is 0 Å². The SMILES string of the molecule is CC(C)C[C@@H](NCCC(=O)O)C(=O)O. The van der Waals surface area contributed by atoms with E-state index in [0.717, 1.165) is 0 Å². The van der Waals surface area contributed by atoms with E-state index in [4.69, 9.17) is 10.2 Å². The van der Waals surface area contributed by atoms with Crippen LogP contribution in [0.2, 0.25) is 0 Å². The maximum Gasteiger partial charge on any atom is 0.320 e. The van der Waals surface area contributed by atoms with Gasteiger partial charge in [-0.15, -0.1) is 0 Å². The van der Waals surface area contributed by atoms with Crippen LogP contribution in [0.4, 0.5) is 0 Å². The number of nitrogens with one attached hydrogen (secondary N) is 1. The first kappa shape index (κ1) is 12.9. The molecule has 0 radical (unpaired) electrons. The minimum atomic E-state index is -0.927. The fourth-order valence-electron chi connectivity index (χ4n) is 1.10. The van der Waals surface area contributed by atoms with Gasteiger partial charge in [0.1, 0.15) is 6.04 Å². The molecule has 0 rings (SSSR count). The number of hydrogen-bond donors (Lipinski definition) is 3. The van der Waals surface area contributed by atoms with E-state index in [2.05, 4.69) is 5.32 Å². The van der Waals surface area contributed by atoms with Gasteiger partial charge in [0.05, 0.1) is 6.42 Å². The first-order valence-electron chi connectivity index (χ1n) is 4.61. The smallest absolute Gasteiger partial charge is 0.320 e. The van der Waals surface area contributed by atoms with Crippen molar-refractivity contribution >= 4 is 11.9 Å². The summed E-state index contributed by atoms with van der Waals surface area (Å²) < 4.78 is 0. The summed E-state index contributed by atoms with van der Waals surface area (Å²) in [6, 6.07) is -0.644. The molecule has 0 saturated carbocycles. The quantitative estimate of drug-likeness (QED) is 0.562. The molecule has 0 saturated heterocycles. The fourth-order valence-corrected chi connectivity index (χ4v) is 1.10. The highest BCUT2D eigenvalue weighted by atomic mass is 16.4. The van der Waals surface area contributed by atoms with Crippen molar-refractivity contribution in [3.8, 4) is 0 Å². The van der Waals surface area contributed by atoms with Crippen LogP contribution in [0.1, 0.15) is 26.7 Å². The van der Waals surface area contributed by atoms with Gasteiger partial charge in [-0.1, -0.05) is 13.8 Å².